The fraction of sp³-hybridized carbons (Fsp3) is 0.647. The minimum atomic E-state index is -1.22. The number of hydrogen-bond acceptors (Lipinski definition) is 10. The van der Waals surface area contributed by atoms with Crippen LogP contribution in [0.15, 0.2) is 12.2 Å². The van der Waals surface area contributed by atoms with Crippen molar-refractivity contribution in [3.05, 3.63) is 12.2 Å². The molecule has 1 aliphatic heterocycles. The molecule has 0 bridgehead atoms. The number of aliphatic carboxylic acids is 1. The first-order chi connectivity index (χ1) is 13.2. The molecule has 1 fully saturated rings. The average molecular weight is 414 g/mol. The molecule has 2 rings (SSSR count). The molecule has 1 aromatic rings. The Balaban J connectivity index is 1.98. The van der Waals surface area contributed by atoms with Gasteiger partial charge in [0.05, 0.1) is 24.9 Å². The Morgan fingerprint density at radius 3 is 2.68 bits per heavy atom. The van der Waals surface area contributed by atoms with Gasteiger partial charge in [0, 0.05) is 37.3 Å². The highest BCUT2D eigenvalue weighted by Gasteiger charge is 2.23. The quantitative estimate of drug-likeness (QED) is 0.441. The molecular formula is C17H26N4O6S. The number of aromatic nitrogens is 2. The Labute approximate surface area is 167 Å². The molecule has 1 atom stereocenters. The third-order valence-corrected chi connectivity index (χ3v) is 4.17. The minimum Gasteiger partial charge on any atom is -0.478 e. The molecule has 0 aliphatic carbocycles. The maximum Gasteiger partial charge on any atom is 0.331 e. The number of morpholine rings is 1. The van der Waals surface area contributed by atoms with E-state index in [0.29, 0.717) is 44.5 Å². The predicted octanol–water partition coefficient (Wildman–Crippen LogP) is 0.694. The fourth-order valence-corrected chi connectivity index (χ4v) is 2.82. The van der Waals surface area contributed by atoms with Gasteiger partial charge in [0.1, 0.15) is 12.7 Å². The summed E-state index contributed by atoms with van der Waals surface area (Å²) >= 11 is 1.05. The summed E-state index contributed by atoms with van der Waals surface area (Å²) in [7, 11) is 0. The first-order valence-corrected chi connectivity index (χ1v) is 9.62. The third-order valence-electron chi connectivity index (χ3n) is 3.66. The van der Waals surface area contributed by atoms with Crippen LogP contribution < -0.4 is 15.0 Å². The molecule has 1 aromatic heterocycles. The van der Waals surface area contributed by atoms with E-state index >= 15 is 0 Å². The topological polar surface area (TPSA) is 123 Å². The van der Waals surface area contributed by atoms with Crippen molar-refractivity contribution in [3.8, 4) is 5.88 Å². The molecule has 1 aliphatic rings. The molecule has 10 nitrogen and oxygen atoms in total. The number of carboxylic acids is 1. The van der Waals surface area contributed by atoms with Crippen molar-refractivity contribution in [1.82, 2.24) is 14.1 Å². The van der Waals surface area contributed by atoms with Crippen molar-refractivity contribution in [1.29, 1.82) is 0 Å². The third kappa shape index (κ3) is 7.79. The maximum absolute atomic E-state index is 11.9. The lowest BCUT2D eigenvalue weighted by molar-refractivity contribution is -0.145. The van der Waals surface area contributed by atoms with Crippen LogP contribution in [0, 0.1) is 0 Å². The molecule has 0 aromatic carbocycles. The average Bonchev–Trinajstić information content (AvgIpc) is 3.11. The largest absolute Gasteiger partial charge is 0.478 e. The Morgan fingerprint density at radius 2 is 2.04 bits per heavy atom. The molecule has 2 N–H and O–H groups in total. The highest BCUT2D eigenvalue weighted by atomic mass is 32.1. The van der Waals surface area contributed by atoms with Crippen molar-refractivity contribution < 1.29 is 28.9 Å². The van der Waals surface area contributed by atoms with Gasteiger partial charge in [-0.15, -0.1) is 4.37 Å². The zero-order valence-electron chi connectivity index (χ0n) is 16.2. The first-order valence-electron chi connectivity index (χ1n) is 8.89. The molecule has 156 valence electrons. The van der Waals surface area contributed by atoms with Crippen molar-refractivity contribution in [2.75, 3.05) is 44.4 Å². The van der Waals surface area contributed by atoms with Crippen molar-refractivity contribution in [3.63, 3.8) is 0 Å². The van der Waals surface area contributed by atoms with E-state index in [-0.39, 0.29) is 12.1 Å². The van der Waals surface area contributed by atoms with Crippen LogP contribution in [0.1, 0.15) is 20.8 Å². The van der Waals surface area contributed by atoms with Gasteiger partial charge in [-0.05, 0) is 20.8 Å². The number of ether oxygens (including phenoxy) is 3. The Kier molecular flexibility index (Phi) is 8.15. The smallest absolute Gasteiger partial charge is 0.331 e. The fourth-order valence-electron chi connectivity index (χ4n) is 2.30. The predicted molar refractivity (Wildman–Crippen MR) is 103 cm³/mol. The van der Waals surface area contributed by atoms with E-state index < -0.39 is 18.0 Å². The summed E-state index contributed by atoms with van der Waals surface area (Å²) in [4.78, 5) is 24.4. The van der Waals surface area contributed by atoms with E-state index in [2.05, 4.69) is 14.1 Å². The number of nitrogens with zero attached hydrogens (tertiary/aromatic N) is 3. The molecule has 0 spiro atoms. The summed E-state index contributed by atoms with van der Waals surface area (Å²) in [6.07, 6.45) is 0.971. The van der Waals surface area contributed by atoms with Crippen molar-refractivity contribution >= 4 is 29.5 Å². The van der Waals surface area contributed by atoms with E-state index in [1.165, 1.54) is 0 Å². The van der Waals surface area contributed by atoms with Gasteiger partial charge in [0.25, 0.3) is 5.88 Å². The van der Waals surface area contributed by atoms with Gasteiger partial charge in [-0.3, -0.25) is 0 Å². The van der Waals surface area contributed by atoms with Gasteiger partial charge in [0.2, 0.25) is 5.82 Å². The van der Waals surface area contributed by atoms with Crippen LogP contribution >= 0.6 is 11.7 Å². The van der Waals surface area contributed by atoms with Gasteiger partial charge < -0.3 is 29.5 Å². The van der Waals surface area contributed by atoms with Gasteiger partial charge in [-0.2, -0.15) is 4.37 Å². The van der Waals surface area contributed by atoms with Gasteiger partial charge in [0.15, 0.2) is 0 Å². The maximum atomic E-state index is 11.9. The van der Waals surface area contributed by atoms with E-state index in [1.54, 1.807) is 0 Å². The zero-order valence-corrected chi connectivity index (χ0v) is 17.0. The molecule has 28 heavy (non-hydrogen) atoms. The van der Waals surface area contributed by atoms with Crippen LogP contribution in [0.4, 0.5) is 5.82 Å². The summed E-state index contributed by atoms with van der Waals surface area (Å²) in [5.74, 6) is -0.949. The molecular weight excluding hydrogens is 388 g/mol. The zero-order chi connectivity index (χ0) is 20.6. The highest BCUT2D eigenvalue weighted by molar-refractivity contribution is 6.99. The van der Waals surface area contributed by atoms with Crippen molar-refractivity contribution in [2.24, 2.45) is 0 Å². The molecule has 0 saturated carbocycles. The van der Waals surface area contributed by atoms with Crippen molar-refractivity contribution in [2.45, 2.75) is 32.4 Å². The summed E-state index contributed by atoms with van der Waals surface area (Å²) < 4.78 is 24.9. The number of anilines is 1. The number of rotatable bonds is 9. The highest BCUT2D eigenvalue weighted by Crippen LogP contribution is 2.26. The molecule has 1 saturated heterocycles. The van der Waals surface area contributed by atoms with Gasteiger partial charge >= 0.3 is 11.9 Å². The Morgan fingerprint density at radius 1 is 1.32 bits per heavy atom. The first kappa shape index (κ1) is 22.1. The van der Waals surface area contributed by atoms with Crippen LogP contribution in [0.5, 0.6) is 5.88 Å². The van der Waals surface area contributed by atoms with Gasteiger partial charge in [-0.1, -0.05) is 0 Å². The summed E-state index contributed by atoms with van der Waals surface area (Å²) in [6.45, 7) is 8.97. The monoisotopic (exact) mass is 414 g/mol. The summed E-state index contributed by atoms with van der Waals surface area (Å²) in [5.41, 5.74) is -0.192. The lowest BCUT2D eigenvalue weighted by Crippen LogP contribution is -2.44. The van der Waals surface area contributed by atoms with E-state index in [4.69, 9.17) is 19.3 Å². The molecule has 2 heterocycles. The molecule has 1 unspecified atom stereocenters. The number of esters is 1. The number of carbonyl (C=O) groups is 2. The Bertz CT molecular complexity index is 681. The second kappa shape index (κ2) is 10.3. The van der Waals surface area contributed by atoms with E-state index in [9.17, 15) is 9.59 Å². The molecule has 11 heteroatoms. The SMILES string of the molecule is CC(C)(C)NCC(COc1nsnc1N1CCOCC1)OC(=O)C=CC(=O)O. The van der Waals surface area contributed by atoms with Crippen LogP contribution in [-0.4, -0.2) is 76.9 Å². The lowest BCUT2D eigenvalue weighted by Gasteiger charge is -2.27. The van der Waals surface area contributed by atoms with Crippen LogP contribution in [-0.2, 0) is 19.1 Å². The molecule has 0 radical (unpaired) electrons. The van der Waals surface area contributed by atoms with E-state index in [0.717, 1.165) is 23.9 Å². The van der Waals surface area contributed by atoms with Crippen LogP contribution in [0.3, 0.4) is 0 Å². The van der Waals surface area contributed by atoms with Crippen LogP contribution in [0.2, 0.25) is 0 Å². The van der Waals surface area contributed by atoms with E-state index in [1.807, 2.05) is 25.7 Å². The van der Waals surface area contributed by atoms with Crippen LogP contribution in [0.25, 0.3) is 0 Å². The summed E-state index contributed by atoms with van der Waals surface area (Å²) in [5, 5.41) is 11.9. The minimum absolute atomic E-state index is 0.0541. The number of carbonyl (C=O) groups excluding carboxylic acids is 1. The Hall–Kier alpha value is -2.24. The second-order valence-corrected chi connectivity index (χ2v) is 7.69. The number of carboxylic acid groups (broad SMARTS) is 1. The normalized spacial score (nSPS) is 16.2. The standard InChI is InChI=1S/C17H26N4O6S/c1-17(2,3)18-10-12(27-14(24)5-4-13(22)23)11-26-16-15(19-28-20-16)21-6-8-25-9-7-21/h4-5,12,18H,6-11H2,1-3H3,(H,22,23). The van der Waals surface area contributed by atoms with Gasteiger partial charge in [-0.25, -0.2) is 9.59 Å². The number of nitrogens with one attached hydrogen (secondary N) is 1. The number of hydrogen-bond donors (Lipinski definition) is 2. The lowest BCUT2D eigenvalue weighted by atomic mass is 10.1. The summed E-state index contributed by atoms with van der Waals surface area (Å²) in [6, 6.07) is 0. The second-order valence-electron chi connectivity index (χ2n) is 7.16. The molecule has 0 amide bonds.